The summed E-state index contributed by atoms with van der Waals surface area (Å²) in [6.07, 6.45) is 0.403. The van der Waals surface area contributed by atoms with Crippen molar-refractivity contribution in [3.8, 4) is 0 Å². The van der Waals surface area contributed by atoms with E-state index in [9.17, 15) is 9.59 Å². The van der Waals surface area contributed by atoms with Gasteiger partial charge in [0.05, 0.1) is 12.1 Å². The third-order valence-corrected chi connectivity index (χ3v) is 6.40. The summed E-state index contributed by atoms with van der Waals surface area (Å²) in [6.45, 7) is 4.95. The lowest BCUT2D eigenvalue weighted by Crippen LogP contribution is -2.13. The van der Waals surface area contributed by atoms with Crippen LogP contribution < -0.4 is 10.9 Å². The highest BCUT2D eigenvalue weighted by atomic mass is 32.2. The molecule has 0 spiro atoms. The zero-order valence-corrected chi connectivity index (χ0v) is 20.1. The molecule has 9 nitrogen and oxygen atoms in total. The Bertz CT molecular complexity index is 1610. The first kappa shape index (κ1) is 22.9. The van der Waals surface area contributed by atoms with Crippen LogP contribution in [0.5, 0.6) is 0 Å². The first-order chi connectivity index (χ1) is 17.1. The third-order valence-electron chi connectivity index (χ3n) is 5.51. The molecule has 0 fully saturated rings. The Labute approximate surface area is 204 Å². The zero-order chi connectivity index (χ0) is 24.4. The molecule has 0 saturated heterocycles. The quantitative estimate of drug-likeness (QED) is 0.240. The van der Waals surface area contributed by atoms with Crippen molar-refractivity contribution in [1.82, 2.24) is 19.7 Å². The molecule has 0 saturated carbocycles. The van der Waals surface area contributed by atoms with Crippen molar-refractivity contribution in [3.05, 3.63) is 64.5 Å². The summed E-state index contributed by atoms with van der Waals surface area (Å²) in [7, 11) is 0. The summed E-state index contributed by atoms with van der Waals surface area (Å²) >= 11 is 1.40. The van der Waals surface area contributed by atoms with Gasteiger partial charge in [-0.1, -0.05) is 36.9 Å². The number of carbonyl (C=O) groups is 1. The average Bonchev–Trinajstić information content (AvgIpc) is 3.15. The summed E-state index contributed by atoms with van der Waals surface area (Å²) in [5, 5.41) is 13.8. The van der Waals surface area contributed by atoms with Crippen molar-refractivity contribution in [3.63, 3.8) is 0 Å². The van der Waals surface area contributed by atoms with Crippen molar-refractivity contribution in [2.24, 2.45) is 0 Å². The van der Waals surface area contributed by atoms with Crippen LogP contribution in [0.3, 0.4) is 0 Å². The minimum Gasteiger partial charge on any atom is -0.450 e. The van der Waals surface area contributed by atoms with Gasteiger partial charge in [0.15, 0.2) is 5.65 Å². The summed E-state index contributed by atoms with van der Waals surface area (Å²) in [4.78, 5) is 28.7. The van der Waals surface area contributed by atoms with E-state index in [4.69, 9.17) is 14.1 Å². The number of rotatable bonds is 7. The van der Waals surface area contributed by atoms with E-state index < -0.39 is 11.7 Å². The van der Waals surface area contributed by atoms with Crippen molar-refractivity contribution in [2.45, 2.75) is 37.7 Å². The van der Waals surface area contributed by atoms with Crippen LogP contribution in [0.4, 0.5) is 10.5 Å². The second-order valence-electron chi connectivity index (χ2n) is 7.87. The van der Waals surface area contributed by atoms with E-state index in [1.165, 1.54) is 17.8 Å². The second kappa shape index (κ2) is 9.75. The standard InChI is InChI=1S/C25H23N5O4S/c1-3-11-30-19-8-6-5-7-18(19)22-23(30)27-24(29-28-22)35-14-15-12-21(31)34-20-13-16(9-10-17(15)20)26-25(32)33-4-2/h5-10,12-13H,3-4,11,14H2,1-2H3,(H,26,32). The summed E-state index contributed by atoms with van der Waals surface area (Å²) in [5.41, 5.74) is 3.84. The fraction of sp³-hybridized carbons (Fsp3) is 0.240. The van der Waals surface area contributed by atoms with E-state index in [1.807, 2.05) is 18.2 Å². The van der Waals surface area contributed by atoms with Gasteiger partial charge in [-0.15, -0.1) is 10.2 Å². The van der Waals surface area contributed by atoms with Gasteiger partial charge < -0.3 is 13.7 Å². The monoisotopic (exact) mass is 489 g/mol. The highest BCUT2D eigenvalue weighted by molar-refractivity contribution is 7.98. The highest BCUT2D eigenvalue weighted by Gasteiger charge is 2.15. The number of benzene rings is 2. The van der Waals surface area contributed by atoms with Gasteiger partial charge in [0, 0.05) is 40.9 Å². The number of amides is 1. The Balaban J connectivity index is 1.45. The Morgan fingerprint density at radius 2 is 1.97 bits per heavy atom. The number of para-hydroxylation sites is 1. The lowest BCUT2D eigenvalue weighted by atomic mass is 10.1. The molecule has 178 valence electrons. The number of aromatic nitrogens is 4. The van der Waals surface area contributed by atoms with Gasteiger partial charge in [-0.05, 0) is 37.1 Å². The number of aryl methyl sites for hydroxylation is 1. The Kier molecular flexibility index (Phi) is 6.37. The fourth-order valence-electron chi connectivity index (χ4n) is 4.05. The molecule has 3 heterocycles. The number of nitrogens with zero attached hydrogens (tertiary/aromatic N) is 4. The van der Waals surface area contributed by atoms with Crippen LogP contribution in [-0.4, -0.2) is 32.4 Å². The molecule has 3 aromatic heterocycles. The van der Waals surface area contributed by atoms with Crippen LogP contribution in [0.2, 0.25) is 0 Å². The number of hydrogen-bond acceptors (Lipinski definition) is 8. The predicted octanol–water partition coefficient (Wildman–Crippen LogP) is 5.36. The number of carbonyl (C=O) groups excluding carboxylic acids is 1. The topological polar surface area (TPSA) is 112 Å². The van der Waals surface area contributed by atoms with Crippen LogP contribution >= 0.6 is 11.8 Å². The van der Waals surface area contributed by atoms with Crippen LogP contribution in [0.25, 0.3) is 33.0 Å². The van der Waals surface area contributed by atoms with E-state index in [0.717, 1.165) is 46.0 Å². The second-order valence-corrected chi connectivity index (χ2v) is 8.81. The van der Waals surface area contributed by atoms with Crippen molar-refractivity contribution >= 4 is 56.6 Å². The third kappa shape index (κ3) is 4.57. The van der Waals surface area contributed by atoms with Crippen molar-refractivity contribution < 1.29 is 13.9 Å². The number of anilines is 1. The van der Waals surface area contributed by atoms with Gasteiger partial charge in [0.25, 0.3) is 0 Å². The maximum Gasteiger partial charge on any atom is 0.411 e. The Morgan fingerprint density at radius 3 is 2.80 bits per heavy atom. The Morgan fingerprint density at radius 1 is 1.11 bits per heavy atom. The normalized spacial score (nSPS) is 11.4. The zero-order valence-electron chi connectivity index (χ0n) is 19.3. The molecule has 1 amide bonds. The van der Waals surface area contributed by atoms with Gasteiger partial charge >= 0.3 is 11.7 Å². The summed E-state index contributed by atoms with van der Waals surface area (Å²) in [5.74, 6) is 0.452. The number of ether oxygens (including phenoxy) is 1. The first-order valence-electron chi connectivity index (χ1n) is 11.3. The molecule has 0 aliphatic carbocycles. The molecule has 5 aromatic rings. The predicted molar refractivity (Wildman–Crippen MR) is 136 cm³/mol. The highest BCUT2D eigenvalue weighted by Crippen LogP contribution is 2.30. The lowest BCUT2D eigenvalue weighted by Gasteiger charge is -2.08. The van der Waals surface area contributed by atoms with Gasteiger partial charge in [-0.25, -0.2) is 14.6 Å². The minimum atomic E-state index is -0.568. The lowest BCUT2D eigenvalue weighted by molar-refractivity contribution is 0.168. The van der Waals surface area contributed by atoms with Crippen LogP contribution in [0.1, 0.15) is 25.8 Å². The number of nitrogens with one attached hydrogen (secondary N) is 1. The van der Waals surface area contributed by atoms with Gasteiger partial charge in [-0.2, -0.15) is 0 Å². The minimum absolute atomic E-state index is 0.262. The molecular weight excluding hydrogens is 466 g/mol. The van der Waals surface area contributed by atoms with E-state index in [0.29, 0.717) is 22.2 Å². The van der Waals surface area contributed by atoms with Gasteiger partial charge in [-0.3, -0.25) is 5.32 Å². The molecule has 35 heavy (non-hydrogen) atoms. The summed E-state index contributed by atoms with van der Waals surface area (Å²) < 4.78 is 12.4. The SMILES string of the molecule is CCCn1c2ccccc2c2nnc(SCc3cc(=O)oc4cc(NC(=O)OCC)ccc34)nc21. The molecule has 2 aromatic carbocycles. The maximum absolute atomic E-state index is 12.2. The van der Waals surface area contributed by atoms with Crippen molar-refractivity contribution in [2.75, 3.05) is 11.9 Å². The smallest absolute Gasteiger partial charge is 0.411 e. The molecule has 5 rings (SSSR count). The van der Waals surface area contributed by atoms with E-state index in [-0.39, 0.29) is 6.61 Å². The molecule has 0 aliphatic heterocycles. The van der Waals surface area contributed by atoms with E-state index >= 15 is 0 Å². The van der Waals surface area contributed by atoms with Crippen LogP contribution in [0.15, 0.2) is 62.9 Å². The molecule has 10 heteroatoms. The van der Waals surface area contributed by atoms with Crippen molar-refractivity contribution in [1.29, 1.82) is 0 Å². The number of hydrogen-bond donors (Lipinski definition) is 1. The molecule has 0 radical (unpaired) electrons. The molecule has 0 atom stereocenters. The van der Waals surface area contributed by atoms with E-state index in [1.54, 1.807) is 25.1 Å². The maximum atomic E-state index is 12.2. The van der Waals surface area contributed by atoms with E-state index in [2.05, 4.69) is 33.1 Å². The molecular formula is C25H23N5O4S. The molecule has 0 aliphatic rings. The number of fused-ring (bicyclic) bond motifs is 4. The van der Waals surface area contributed by atoms with Gasteiger partial charge in [0.2, 0.25) is 5.16 Å². The van der Waals surface area contributed by atoms with Gasteiger partial charge in [0.1, 0.15) is 11.1 Å². The molecule has 1 N–H and O–H groups in total. The average molecular weight is 490 g/mol. The molecule has 0 unspecified atom stereocenters. The molecule has 0 bridgehead atoms. The fourth-order valence-corrected chi connectivity index (χ4v) is 4.83. The Hall–Kier alpha value is -3.92. The number of thioether (sulfide) groups is 1. The van der Waals surface area contributed by atoms with Crippen LogP contribution in [-0.2, 0) is 17.0 Å². The summed E-state index contributed by atoms with van der Waals surface area (Å²) in [6, 6.07) is 14.7. The first-order valence-corrected chi connectivity index (χ1v) is 12.3. The largest absolute Gasteiger partial charge is 0.450 e. The van der Waals surface area contributed by atoms with Crippen LogP contribution in [0, 0.1) is 0 Å².